The van der Waals surface area contributed by atoms with Crippen LogP contribution in [-0.4, -0.2) is 27.5 Å². The Morgan fingerprint density at radius 1 is 1.00 bits per heavy atom. The standard InChI is InChI=1S/C32H32N2O2/c1-18-15-27(26-12-8-11-24-19(2)17-33-30(24)26)25(14-13-22-9-7-10-23(16-22)21(4)35)28-20(3)31(36)32(5,6)34-29(18)28/h7-12,15-17,20,31,33-34,36H,1-6H3/t20-,31+/m0/s1. The van der Waals surface area contributed by atoms with Crippen LogP contribution >= 0.6 is 0 Å². The van der Waals surface area contributed by atoms with Gasteiger partial charge in [-0.05, 0) is 69.5 Å². The first-order chi connectivity index (χ1) is 17.1. The molecular weight excluding hydrogens is 444 g/mol. The molecule has 3 aromatic carbocycles. The Balaban J connectivity index is 1.81. The van der Waals surface area contributed by atoms with E-state index in [0.29, 0.717) is 5.56 Å². The van der Waals surface area contributed by atoms with E-state index in [1.165, 1.54) is 10.9 Å². The van der Waals surface area contributed by atoms with Gasteiger partial charge in [-0.3, -0.25) is 4.79 Å². The van der Waals surface area contributed by atoms with Crippen molar-refractivity contribution in [1.82, 2.24) is 4.98 Å². The van der Waals surface area contributed by atoms with Gasteiger partial charge < -0.3 is 15.4 Å². The molecule has 2 heterocycles. The molecule has 0 spiro atoms. The van der Waals surface area contributed by atoms with Crippen LogP contribution in [0.4, 0.5) is 5.69 Å². The normalized spacial score (nSPS) is 18.2. The van der Waals surface area contributed by atoms with Crippen LogP contribution in [0.25, 0.3) is 22.0 Å². The molecule has 0 aliphatic carbocycles. The van der Waals surface area contributed by atoms with Gasteiger partial charge >= 0.3 is 0 Å². The summed E-state index contributed by atoms with van der Waals surface area (Å²) in [5.74, 6) is 6.70. The predicted octanol–water partition coefficient (Wildman–Crippen LogP) is 6.72. The van der Waals surface area contributed by atoms with Crippen LogP contribution in [0.2, 0.25) is 0 Å². The topological polar surface area (TPSA) is 65.1 Å². The fourth-order valence-electron chi connectivity index (χ4n) is 5.46. The van der Waals surface area contributed by atoms with E-state index >= 15 is 0 Å². The fourth-order valence-corrected chi connectivity index (χ4v) is 5.46. The number of benzene rings is 3. The van der Waals surface area contributed by atoms with Gasteiger partial charge in [0.25, 0.3) is 0 Å². The van der Waals surface area contributed by atoms with E-state index in [1.54, 1.807) is 6.92 Å². The predicted molar refractivity (Wildman–Crippen MR) is 148 cm³/mol. The number of hydrogen-bond donors (Lipinski definition) is 3. The fraction of sp³-hybridized carbons (Fsp3) is 0.281. The molecule has 36 heavy (non-hydrogen) atoms. The highest BCUT2D eigenvalue weighted by atomic mass is 16.3. The Morgan fingerprint density at radius 3 is 2.50 bits per heavy atom. The molecule has 1 aromatic heterocycles. The van der Waals surface area contributed by atoms with Crippen LogP contribution in [0, 0.1) is 25.7 Å². The van der Waals surface area contributed by atoms with Crippen LogP contribution in [0.5, 0.6) is 0 Å². The number of aromatic nitrogens is 1. The van der Waals surface area contributed by atoms with E-state index < -0.39 is 11.6 Å². The van der Waals surface area contributed by atoms with Gasteiger partial charge in [0.05, 0.1) is 17.2 Å². The second kappa shape index (κ2) is 8.69. The average Bonchev–Trinajstić information content (AvgIpc) is 3.23. The molecule has 0 saturated heterocycles. The third kappa shape index (κ3) is 3.90. The third-order valence-corrected chi connectivity index (χ3v) is 7.49. The summed E-state index contributed by atoms with van der Waals surface area (Å²) in [6.45, 7) is 11.9. The highest BCUT2D eigenvalue weighted by Crippen LogP contribution is 2.46. The number of aryl methyl sites for hydroxylation is 2. The largest absolute Gasteiger partial charge is 0.390 e. The summed E-state index contributed by atoms with van der Waals surface area (Å²) in [7, 11) is 0. The van der Waals surface area contributed by atoms with Crippen molar-refractivity contribution >= 4 is 22.4 Å². The number of anilines is 1. The lowest BCUT2D eigenvalue weighted by atomic mass is 9.75. The molecule has 2 atom stereocenters. The first kappa shape index (κ1) is 23.9. The number of nitrogens with one attached hydrogen (secondary N) is 2. The van der Waals surface area contributed by atoms with Crippen molar-refractivity contribution in [2.45, 2.75) is 59.1 Å². The molecule has 0 saturated carbocycles. The lowest BCUT2D eigenvalue weighted by Crippen LogP contribution is -2.50. The summed E-state index contributed by atoms with van der Waals surface area (Å²) in [6, 6.07) is 16.0. The highest BCUT2D eigenvalue weighted by molar-refractivity contribution is 5.98. The number of carbonyl (C=O) groups excluding carboxylic acids is 1. The summed E-state index contributed by atoms with van der Waals surface area (Å²) in [4.78, 5) is 15.4. The number of aliphatic hydroxyl groups is 1. The molecule has 182 valence electrons. The number of hydrogen-bond acceptors (Lipinski definition) is 3. The molecule has 3 N–H and O–H groups in total. The number of Topliss-reactive ketones (excluding diaryl/α,β-unsaturated/α-hetero) is 1. The van der Waals surface area contributed by atoms with Gasteiger partial charge in [0.1, 0.15) is 0 Å². The summed E-state index contributed by atoms with van der Waals surface area (Å²) >= 11 is 0. The van der Waals surface area contributed by atoms with Crippen molar-refractivity contribution < 1.29 is 9.90 Å². The summed E-state index contributed by atoms with van der Waals surface area (Å²) in [5.41, 5.74) is 9.46. The Morgan fingerprint density at radius 2 is 1.75 bits per heavy atom. The van der Waals surface area contributed by atoms with E-state index in [9.17, 15) is 9.90 Å². The van der Waals surface area contributed by atoms with Gasteiger partial charge in [-0.15, -0.1) is 0 Å². The van der Waals surface area contributed by atoms with Gasteiger partial charge in [-0.25, -0.2) is 0 Å². The lowest BCUT2D eigenvalue weighted by molar-refractivity contribution is 0.0868. The van der Waals surface area contributed by atoms with E-state index in [2.05, 4.69) is 67.2 Å². The van der Waals surface area contributed by atoms with Gasteiger partial charge in [-0.2, -0.15) is 0 Å². The summed E-state index contributed by atoms with van der Waals surface area (Å²) in [6.07, 6.45) is 1.46. The second-order valence-electron chi connectivity index (χ2n) is 10.6. The van der Waals surface area contributed by atoms with E-state index in [0.717, 1.165) is 44.6 Å². The van der Waals surface area contributed by atoms with Crippen LogP contribution in [-0.2, 0) is 0 Å². The van der Waals surface area contributed by atoms with Gasteiger partial charge in [0.2, 0.25) is 0 Å². The molecule has 4 heteroatoms. The van der Waals surface area contributed by atoms with Crippen molar-refractivity contribution in [2.24, 2.45) is 0 Å². The van der Waals surface area contributed by atoms with Crippen molar-refractivity contribution in [3.8, 4) is 23.0 Å². The minimum absolute atomic E-state index is 0.0176. The molecule has 5 rings (SSSR count). The molecule has 0 bridgehead atoms. The number of ketones is 1. The molecule has 1 aliphatic heterocycles. The molecule has 0 amide bonds. The molecule has 0 fully saturated rings. The zero-order valence-electron chi connectivity index (χ0n) is 21.7. The van der Waals surface area contributed by atoms with Crippen LogP contribution in [0.3, 0.4) is 0 Å². The Hall–Kier alpha value is -3.81. The average molecular weight is 477 g/mol. The van der Waals surface area contributed by atoms with Gasteiger partial charge in [-0.1, -0.05) is 49.1 Å². The lowest BCUT2D eigenvalue weighted by Gasteiger charge is -2.43. The molecule has 0 unspecified atom stereocenters. The minimum Gasteiger partial charge on any atom is -0.390 e. The van der Waals surface area contributed by atoms with Crippen LogP contribution < -0.4 is 5.32 Å². The number of aromatic amines is 1. The molecular formula is C32H32N2O2. The summed E-state index contributed by atoms with van der Waals surface area (Å²) < 4.78 is 0. The van der Waals surface area contributed by atoms with E-state index in [1.807, 2.05) is 44.3 Å². The van der Waals surface area contributed by atoms with Crippen LogP contribution in [0.15, 0.2) is 54.7 Å². The van der Waals surface area contributed by atoms with Crippen molar-refractivity contribution in [3.63, 3.8) is 0 Å². The van der Waals surface area contributed by atoms with Crippen molar-refractivity contribution in [2.75, 3.05) is 5.32 Å². The molecule has 4 nitrogen and oxygen atoms in total. The molecule has 1 aliphatic rings. The number of fused-ring (bicyclic) bond motifs is 2. The zero-order valence-corrected chi connectivity index (χ0v) is 21.7. The number of para-hydroxylation sites is 1. The maximum Gasteiger partial charge on any atom is 0.159 e. The maximum atomic E-state index is 11.9. The monoisotopic (exact) mass is 476 g/mol. The van der Waals surface area contributed by atoms with Crippen LogP contribution in [0.1, 0.15) is 71.8 Å². The Kier molecular flexibility index (Phi) is 5.77. The third-order valence-electron chi connectivity index (χ3n) is 7.49. The minimum atomic E-state index is -0.579. The van der Waals surface area contributed by atoms with E-state index in [-0.39, 0.29) is 11.7 Å². The van der Waals surface area contributed by atoms with Crippen molar-refractivity contribution in [1.29, 1.82) is 0 Å². The quantitative estimate of drug-likeness (QED) is 0.222. The SMILES string of the molecule is CC(=O)c1cccc(C#Cc2c(-c3cccc4c(C)c[nH]c34)cc(C)c3c2[C@H](C)[C@@H](O)C(C)(C)N3)c1. The number of H-pyrrole nitrogens is 1. The van der Waals surface area contributed by atoms with Crippen molar-refractivity contribution in [3.05, 3.63) is 88.1 Å². The first-order valence-corrected chi connectivity index (χ1v) is 12.4. The number of rotatable bonds is 2. The number of carbonyl (C=O) groups is 1. The second-order valence-corrected chi connectivity index (χ2v) is 10.6. The van der Waals surface area contributed by atoms with E-state index in [4.69, 9.17) is 0 Å². The molecule has 4 aromatic rings. The first-order valence-electron chi connectivity index (χ1n) is 12.4. The molecule has 0 radical (unpaired) electrons. The Bertz CT molecular complexity index is 1580. The smallest absolute Gasteiger partial charge is 0.159 e. The summed E-state index contributed by atoms with van der Waals surface area (Å²) in [5, 5.41) is 16.0. The highest BCUT2D eigenvalue weighted by Gasteiger charge is 2.40. The number of aliphatic hydroxyl groups excluding tert-OH is 1. The van der Waals surface area contributed by atoms with Gasteiger partial charge in [0.15, 0.2) is 5.78 Å². The van der Waals surface area contributed by atoms with Gasteiger partial charge in [0, 0.05) is 51.0 Å². The zero-order chi connectivity index (χ0) is 25.8. The Labute approximate surface area is 212 Å². The maximum absolute atomic E-state index is 11.9.